The SMILES string of the molecule is CCCCC[C@H](O)/C=C/Br. The average Bonchev–Trinajstić information content (AvgIpc) is 1.89. The van der Waals surface area contributed by atoms with E-state index in [1.807, 2.05) is 0 Å². The molecule has 1 N–H and O–H groups in total. The fraction of sp³-hybridized carbons (Fsp3) is 0.750. The van der Waals surface area contributed by atoms with Gasteiger partial charge in [-0.15, -0.1) is 0 Å². The van der Waals surface area contributed by atoms with Crippen LogP contribution >= 0.6 is 15.9 Å². The summed E-state index contributed by atoms with van der Waals surface area (Å²) in [5.74, 6) is 0. The lowest BCUT2D eigenvalue weighted by Crippen LogP contribution is -2.00. The molecule has 60 valence electrons. The molecule has 0 radical (unpaired) electrons. The molecule has 0 amide bonds. The predicted octanol–water partition coefficient (Wildman–Crippen LogP) is 2.84. The second kappa shape index (κ2) is 7.29. The molecule has 2 heteroatoms. The van der Waals surface area contributed by atoms with Crippen molar-refractivity contribution in [3.63, 3.8) is 0 Å². The number of aliphatic hydroxyl groups is 1. The van der Waals surface area contributed by atoms with E-state index in [2.05, 4.69) is 22.9 Å². The Morgan fingerprint density at radius 3 is 2.70 bits per heavy atom. The van der Waals surface area contributed by atoms with E-state index in [1.54, 1.807) is 11.1 Å². The van der Waals surface area contributed by atoms with Crippen LogP contribution in [-0.2, 0) is 0 Å². The first-order valence-corrected chi connectivity index (χ1v) is 4.67. The predicted molar refractivity (Wildman–Crippen MR) is 48.2 cm³/mol. The molecular formula is C8H15BrO. The topological polar surface area (TPSA) is 20.2 Å². The minimum Gasteiger partial charge on any atom is -0.389 e. The van der Waals surface area contributed by atoms with Gasteiger partial charge in [-0.2, -0.15) is 0 Å². The van der Waals surface area contributed by atoms with E-state index < -0.39 is 0 Å². The summed E-state index contributed by atoms with van der Waals surface area (Å²) in [6.07, 6.45) is 5.93. The smallest absolute Gasteiger partial charge is 0.0728 e. The van der Waals surface area contributed by atoms with E-state index >= 15 is 0 Å². The fourth-order valence-corrected chi connectivity index (χ4v) is 1.14. The Kier molecular flexibility index (Phi) is 7.42. The molecule has 0 unspecified atom stereocenters. The zero-order valence-electron chi connectivity index (χ0n) is 6.39. The van der Waals surface area contributed by atoms with E-state index in [4.69, 9.17) is 5.11 Å². The summed E-state index contributed by atoms with van der Waals surface area (Å²) in [5.41, 5.74) is 0. The summed E-state index contributed by atoms with van der Waals surface area (Å²) in [4.78, 5) is 1.71. The van der Waals surface area contributed by atoms with E-state index in [-0.39, 0.29) is 6.10 Å². The molecule has 1 nitrogen and oxygen atoms in total. The first-order valence-electron chi connectivity index (χ1n) is 3.76. The zero-order valence-corrected chi connectivity index (χ0v) is 7.97. The summed E-state index contributed by atoms with van der Waals surface area (Å²) in [6, 6.07) is 0. The monoisotopic (exact) mass is 206 g/mol. The van der Waals surface area contributed by atoms with E-state index in [0.29, 0.717) is 0 Å². The van der Waals surface area contributed by atoms with Crippen molar-refractivity contribution in [2.24, 2.45) is 0 Å². The summed E-state index contributed by atoms with van der Waals surface area (Å²) in [6.45, 7) is 2.16. The van der Waals surface area contributed by atoms with Crippen LogP contribution in [0.5, 0.6) is 0 Å². The highest BCUT2D eigenvalue weighted by atomic mass is 79.9. The van der Waals surface area contributed by atoms with Crippen LogP contribution in [-0.4, -0.2) is 11.2 Å². The number of hydrogen-bond donors (Lipinski definition) is 1. The van der Waals surface area contributed by atoms with Crippen molar-refractivity contribution >= 4 is 15.9 Å². The highest BCUT2D eigenvalue weighted by molar-refractivity contribution is 9.11. The van der Waals surface area contributed by atoms with Crippen molar-refractivity contribution < 1.29 is 5.11 Å². The van der Waals surface area contributed by atoms with Crippen molar-refractivity contribution in [3.8, 4) is 0 Å². The lowest BCUT2D eigenvalue weighted by atomic mass is 10.1. The Morgan fingerprint density at radius 2 is 2.20 bits per heavy atom. The van der Waals surface area contributed by atoms with Gasteiger partial charge in [0.05, 0.1) is 6.10 Å². The Morgan fingerprint density at radius 1 is 1.50 bits per heavy atom. The first-order chi connectivity index (χ1) is 4.81. The molecule has 0 bridgehead atoms. The summed E-state index contributed by atoms with van der Waals surface area (Å²) < 4.78 is 0. The van der Waals surface area contributed by atoms with Gasteiger partial charge in [-0.25, -0.2) is 0 Å². The number of unbranched alkanes of at least 4 members (excludes halogenated alkanes) is 2. The van der Waals surface area contributed by atoms with Crippen LogP contribution in [0.15, 0.2) is 11.1 Å². The third-order valence-corrected chi connectivity index (χ3v) is 1.70. The molecule has 10 heavy (non-hydrogen) atoms. The molecule has 0 saturated carbocycles. The lowest BCUT2D eigenvalue weighted by molar-refractivity contribution is 0.208. The average molecular weight is 207 g/mol. The van der Waals surface area contributed by atoms with Crippen LogP contribution in [0, 0.1) is 0 Å². The van der Waals surface area contributed by atoms with Crippen molar-refractivity contribution in [1.82, 2.24) is 0 Å². The molecule has 0 rings (SSSR count). The van der Waals surface area contributed by atoms with Gasteiger partial charge in [0.1, 0.15) is 0 Å². The van der Waals surface area contributed by atoms with Gasteiger partial charge >= 0.3 is 0 Å². The van der Waals surface area contributed by atoms with Gasteiger partial charge in [-0.1, -0.05) is 42.1 Å². The standard InChI is InChI=1S/C8H15BrO/c1-2-3-4-5-8(10)6-7-9/h6-8,10H,2-5H2,1H3/b7-6+/t8-/m0/s1. The highest BCUT2D eigenvalue weighted by Crippen LogP contribution is 2.04. The summed E-state index contributed by atoms with van der Waals surface area (Å²) in [5, 5.41) is 9.16. The molecule has 0 aromatic rings. The van der Waals surface area contributed by atoms with Crippen LogP contribution in [0.25, 0.3) is 0 Å². The van der Waals surface area contributed by atoms with Crippen LogP contribution in [0.2, 0.25) is 0 Å². The van der Waals surface area contributed by atoms with Crippen LogP contribution in [0.4, 0.5) is 0 Å². The van der Waals surface area contributed by atoms with Gasteiger partial charge in [0.15, 0.2) is 0 Å². The zero-order chi connectivity index (χ0) is 7.82. The minimum atomic E-state index is -0.258. The molecule has 0 heterocycles. The molecule has 0 aliphatic rings. The normalized spacial score (nSPS) is 14.3. The second-order valence-electron chi connectivity index (χ2n) is 2.38. The quantitative estimate of drug-likeness (QED) is 0.687. The number of hydrogen-bond acceptors (Lipinski definition) is 1. The van der Waals surface area contributed by atoms with E-state index in [9.17, 15) is 0 Å². The molecule has 0 aromatic carbocycles. The minimum absolute atomic E-state index is 0.258. The maximum absolute atomic E-state index is 9.16. The molecule has 0 aliphatic heterocycles. The van der Waals surface area contributed by atoms with Crippen molar-refractivity contribution in [2.75, 3.05) is 0 Å². The van der Waals surface area contributed by atoms with Crippen molar-refractivity contribution in [3.05, 3.63) is 11.1 Å². The third kappa shape index (κ3) is 6.30. The molecule has 0 aromatic heterocycles. The molecule has 1 atom stereocenters. The fourth-order valence-electron chi connectivity index (χ4n) is 0.784. The number of rotatable bonds is 5. The summed E-state index contributed by atoms with van der Waals surface area (Å²) >= 11 is 3.12. The van der Waals surface area contributed by atoms with Crippen LogP contribution in [0.1, 0.15) is 32.6 Å². The Labute approximate surface area is 71.3 Å². The van der Waals surface area contributed by atoms with E-state index in [0.717, 1.165) is 12.8 Å². The van der Waals surface area contributed by atoms with Gasteiger partial charge < -0.3 is 5.11 Å². The van der Waals surface area contributed by atoms with Gasteiger partial charge in [-0.05, 0) is 17.5 Å². The van der Waals surface area contributed by atoms with Crippen molar-refractivity contribution in [2.45, 2.75) is 38.7 Å². The Bertz CT molecular complexity index is 91.3. The third-order valence-electron chi connectivity index (χ3n) is 1.40. The maximum atomic E-state index is 9.16. The molecule has 0 fully saturated rings. The molecular weight excluding hydrogens is 192 g/mol. The number of halogens is 1. The largest absolute Gasteiger partial charge is 0.389 e. The Hall–Kier alpha value is 0.180. The first kappa shape index (κ1) is 10.2. The lowest BCUT2D eigenvalue weighted by Gasteiger charge is -2.02. The maximum Gasteiger partial charge on any atom is 0.0728 e. The van der Waals surface area contributed by atoms with Gasteiger partial charge in [0, 0.05) is 0 Å². The highest BCUT2D eigenvalue weighted by Gasteiger charge is 1.96. The second-order valence-corrected chi connectivity index (χ2v) is 2.91. The van der Waals surface area contributed by atoms with Gasteiger partial charge in [0.2, 0.25) is 0 Å². The molecule has 0 saturated heterocycles. The van der Waals surface area contributed by atoms with Gasteiger partial charge in [0.25, 0.3) is 0 Å². The van der Waals surface area contributed by atoms with Gasteiger partial charge in [-0.3, -0.25) is 0 Å². The van der Waals surface area contributed by atoms with Crippen molar-refractivity contribution in [1.29, 1.82) is 0 Å². The number of aliphatic hydroxyl groups excluding tert-OH is 1. The molecule has 0 aliphatic carbocycles. The molecule has 0 spiro atoms. The van der Waals surface area contributed by atoms with Crippen LogP contribution < -0.4 is 0 Å². The summed E-state index contributed by atoms with van der Waals surface area (Å²) in [7, 11) is 0. The Balaban J connectivity index is 3.13. The van der Waals surface area contributed by atoms with E-state index in [1.165, 1.54) is 12.8 Å². The van der Waals surface area contributed by atoms with Crippen LogP contribution in [0.3, 0.4) is 0 Å².